The molecule has 1 N–H and O–H groups in total. The summed E-state index contributed by atoms with van der Waals surface area (Å²) in [5.74, 6) is -0.197. The average Bonchev–Trinajstić information content (AvgIpc) is 3.20. The molecule has 0 radical (unpaired) electrons. The monoisotopic (exact) mass is 486 g/mol. The smallest absolute Gasteiger partial charge is 0.259 e. The predicted molar refractivity (Wildman–Crippen MR) is 138 cm³/mol. The molecule has 35 heavy (non-hydrogen) atoms. The Hall–Kier alpha value is -3.78. The van der Waals surface area contributed by atoms with Crippen molar-refractivity contribution in [2.45, 2.75) is 31.1 Å². The second-order valence-corrected chi connectivity index (χ2v) is 9.42. The lowest BCUT2D eigenvalue weighted by molar-refractivity contribution is -0.124. The number of carbonyl (C=O) groups is 2. The van der Waals surface area contributed by atoms with Gasteiger partial charge in [0.25, 0.3) is 5.91 Å². The van der Waals surface area contributed by atoms with E-state index in [1.807, 2.05) is 61.5 Å². The van der Waals surface area contributed by atoms with E-state index in [0.717, 1.165) is 11.1 Å². The Kier molecular flexibility index (Phi) is 6.46. The van der Waals surface area contributed by atoms with Crippen LogP contribution in [0.4, 0.5) is 15.8 Å². The van der Waals surface area contributed by atoms with Crippen molar-refractivity contribution in [1.82, 2.24) is 4.90 Å². The average molecular weight is 487 g/mol. The van der Waals surface area contributed by atoms with E-state index in [1.54, 1.807) is 4.90 Å². The number of nitrogens with one attached hydrogen (secondary N) is 1. The third kappa shape index (κ3) is 4.74. The molecule has 0 fully saturated rings. The molecule has 8 heteroatoms. The summed E-state index contributed by atoms with van der Waals surface area (Å²) in [6.45, 7) is 1.90. The number of anilines is 1. The minimum atomic E-state index is -0.558. The van der Waals surface area contributed by atoms with Crippen LogP contribution in [0.5, 0.6) is 0 Å². The molecule has 0 spiro atoms. The van der Waals surface area contributed by atoms with E-state index >= 15 is 0 Å². The number of halogens is 1. The normalized spacial score (nSPS) is 17.3. The topological polar surface area (TPSA) is 74.1 Å². The fourth-order valence-corrected chi connectivity index (χ4v) is 5.08. The maximum atomic E-state index is 13.5. The molecule has 2 unspecified atom stereocenters. The Balaban J connectivity index is 1.42. The fraction of sp³-hybridized carbons (Fsp3) is 0.185. The van der Waals surface area contributed by atoms with Gasteiger partial charge in [0, 0.05) is 17.7 Å². The highest BCUT2D eigenvalue weighted by Crippen LogP contribution is 2.36. The van der Waals surface area contributed by atoms with Gasteiger partial charge in [-0.15, -0.1) is 0 Å². The first-order valence-corrected chi connectivity index (χ1v) is 12.3. The lowest BCUT2D eigenvalue weighted by Gasteiger charge is -2.27. The maximum absolute atomic E-state index is 13.5. The number of amidine groups is 2. The highest BCUT2D eigenvalue weighted by Gasteiger charge is 2.42. The third-order valence-corrected chi connectivity index (χ3v) is 7.16. The minimum Gasteiger partial charge on any atom is -0.325 e. The van der Waals surface area contributed by atoms with Crippen LogP contribution in [0.25, 0.3) is 0 Å². The molecule has 6 nitrogen and oxygen atoms in total. The van der Waals surface area contributed by atoms with Gasteiger partial charge in [0.1, 0.15) is 17.7 Å². The summed E-state index contributed by atoms with van der Waals surface area (Å²) in [4.78, 5) is 37.6. The Labute approximate surface area is 207 Å². The third-order valence-electron chi connectivity index (χ3n) is 5.84. The number of benzene rings is 3. The van der Waals surface area contributed by atoms with Gasteiger partial charge in [0.2, 0.25) is 5.91 Å². The van der Waals surface area contributed by atoms with Gasteiger partial charge in [-0.3, -0.25) is 14.6 Å². The molecule has 2 atom stereocenters. The molecule has 0 saturated heterocycles. The predicted octanol–water partition coefficient (Wildman–Crippen LogP) is 5.18. The van der Waals surface area contributed by atoms with Crippen LogP contribution >= 0.6 is 11.8 Å². The lowest BCUT2D eigenvalue weighted by atomic mass is 10.1. The van der Waals surface area contributed by atoms with Crippen LogP contribution in [0.1, 0.15) is 24.5 Å². The molecule has 0 bridgehead atoms. The van der Waals surface area contributed by atoms with Crippen LogP contribution in [-0.4, -0.2) is 39.0 Å². The van der Waals surface area contributed by atoms with Crippen molar-refractivity contribution in [3.8, 4) is 0 Å². The summed E-state index contributed by atoms with van der Waals surface area (Å²) in [5.41, 5.74) is 3.05. The van der Waals surface area contributed by atoms with E-state index in [0.29, 0.717) is 35.2 Å². The van der Waals surface area contributed by atoms with Crippen molar-refractivity contribution in [2.24, 2.45) is 9.98 Å². The van der Waals surface area contributed by atoms with Crippen molar-refractivity contribution < 1.29 is 14.0 Å². The van der Waals surface area contributed by atoms with Crippen LogP contribution < -0.4 is 5.32 Å². The van der Waals surface area contributed by atoms with Crippen LogP contribution in [-0.2, 0) is 16.0 Å². The van der Waals surface area contributed by atoms with E-state index in [4.69, 9.17) is 9.98 Å². The number of rotatable bonds is 6. The molecule has 0 aromatic heterocycles. The lowest BCUT2D eigenvalue weighted by Crippen LogP contribution is -2.42. The van der Waals surface area contributed by atoms with Crippen molar-refractivity contribution in [3.05, 3.63) is 95.8 Å². The summed E-state index contributed by atoms with van der Waals surface area (Å²) in [6.07, 6.45) is 1.00. The van der Waals surface area contributed by atoms with Gasteiger partial charge in [0.05, 0.1) is 10.9 Å². The Morgan fingerprint density at radius 2 is 1.77 bits per heavy atom. The molecule has 2 amide bonds. The van der Waals surface area contributed by atoms with E-state index in [-0.39, 0.29) is 17.6 Å². The number of fused-ring (bicyclic) bond motifs is 3. The van der Waals surface area contributed by atoms with Crippen molar-refractivity contribution >= 4 is 46.0 Å². The molecule has 2 aliphatic heterocycles. The fourth-order valence-electron chi connectivity index (χ4n) is 4.06. The number of hydrogen-bond donors (Lipinski definition) is 1. The van der Waals surface area contributed by atoms with Gasteiger partial charge >= 0.3 is 0 Å². The number of nitrogens with zero attached hydrogens (tertiary/aromatic N) is 3. The molecule has 2 heterocycles. The number of amides is 2. The first-order valence-electron chi connectivity index (χ1n) is 11.4. The Morgan fingerprint density at radius 3 is 2.51 bits per heavy atom. The van der Waals surface area contributed by atoms with E-state index < -0.39 is 11.3 Å². The molecule has 0 saturated carbocycles. The van der Waals surface area contributed by atoms with Crippen molar-refractivity contribution in [1.29, 1.82) is 0 Å². The molecule has 5 rings (SSSR count). The van der Waals surface area contributed by atoms with Gasteiger partial charge in [-0.1, -0.05) is 61.2 Å². The number of para-hydroxylation sites is 1. The largest absolute Gasteiger partial charge is 0.325 e. The Bertz CT molecular complexity index is 1320. The van der Waals surface area contributed by atoms with Gasteiger partial charge < -0.3 is 5.32 Å². The zero-order chi connectivity index (χ0) is 24.4. The second kappa shape index (κ2) is 9.84. The standard InChI is InChI=1S/C27H23FN4O2S/c1-2-23(25(33)29-19-14-12-18(28)13-15-19)35-27-31-21-11-7-6-10-20(21)24-30-22(26(34)32(24)27)16-17-8-4-3-5-9-17/h3-15,22-23H,2,16H2,1H3,(H,29,33). The number of hydrogen-bond acceptors (Lipinski definition) is 5. The maximum Gasteiger partial charge on any atom is 0.259 e. The molecule has 2 aliphatic rings. The molecular weight excluding hydrogens is 463 g/mol. The number of thioether (sulfide) groups is 1. The van der Waals surface area contributed by atoms with Crippen LogP contribution in [0.15, 0.2) is 88.8 Å². The minimum absolute atomic E-state index is 0.154. The van der Waals surface area contributed by atoms with E-state index in [2.05, 4.69) is 5.32 Å². The van der Waals surface area contributed by atoms with Crippen LogP contribution in [0.3, 0.4) is 0 Å². The summed E-state index contributed by atoms with van der Waals surface area (Å²) in [6, 6.07) is 22.4. The van der Waals surface area contributed by atoms with E-state index in [9.17, 15) is 14.0 Å². The number of carbonyl (C=O) groups excluding carboxylic acids is 2. The van der Waals surface area contributed by atoms with Gasteiger partial charge in [0.15, 0.2) is 5.17 Å². The first kappa shape index (κ1) is 23.0. The molecule has 0 aliphatic carbocycles. The van der Waals surface area contributed by atoms with Gasteiger partial charge in [-0.05, 0) is 48.4 Å². The molecule has 3 aromatic carbocycles. The number of aliphatic imine (C=N–C) groups is 2. The van der Waals surface area contributed by atoms with Gasteiger partial charge in [-0.25, -0.2) is 14.3 Å². The van der Waals surface area contributed by atoms with Crippen molar-refractivity contribution in [3.63, 3.8) is 0 Å². The first-order chi connectivity index (χ1) is 17.0. The van der Waals surface area contributed by atoms with Crippen LogP contribution in [0, 0.1) is 5.82 Å². The highest BCUT2D eigenvalue weighted by molar-refractivity contribution is 8.15. The van der Waals surface area contributed by atoms with Crippen molar-refractivity contribution in [2.75, 3.05) is 5.32 Å². The molecular formula is C27H23FN4O2S. The zero-order valence-electron chi connectivity index (χ0n) is 19.0. The second-order valence-electron chi connectivity index (χ2n) is 8.25. The molecule has 176 valence electrons. The quantitative estimate of drug-likeness (QED) is 0.522. The summed E-state index contributed by atoms with van der Waals surface area (Å²) < 4.78 is 13.2. The van der Waals surface area contributed by atoms with E-state index in [1.165, 1.54) is 36.0 Å². The summed E-state index contributed by atoms with van der Waals surface area (Å²) in [5, 5.41) is 2.75. The SMILES string of the molecule is CCC(SC1=Nc2ccccc2C2=NC(Cc3ccccc3)C(=O)N12)C(=O)Nc1ccc(F)cc1. The Morgan fingerprint density at radius 1 is 1.06 bits per heavy atom. The van der Waals surface area contributed by atoms with Gasteiger partial charge in [-0.2, -0.15) is 0 Å². The van der Waals surface area contributed by atoms with Crippen LogP contribution in [0.2, 0.25) is 0 Å². The summed E-state index contributed by atoms with van der Waals surface area (Å²) >= 11 is 1.24. The molecule has 3 aromatic rings. The zero-order valence-corrected chi connectivity index (χ0v) is 19.8. The summed E-state index contributed by atoms with van der Waals surface area (Å²) in [7, 11) is 0. The highest BCUT2D eigenvalue weighted by atomic mass is 32.2.